The molecular weight excluding hydrogens is 164 g/mol. The highest BCUT2D eigenvalue weighted by Gasteiger charge is 2.09. The molecule has 0 aliphatic carbocycles. The van der Waals surface area contributed by atoms with E-state index >= 15 is 0 Å². The fraction of sp³-hybridized carbons (Fsp3) is 0.818. The molecule has 0 amide bonds. The summed E-state index contributed by atoms with van der Waals surface area (Å²) in [6.45, 7) is 13.5. The lowest BCUT2D eigenvalue weighted by atomic mass is 9.93. The van der Waals surface area contributed by atoms with Gasteiger partial charge in [-0.05, 0) is 17.2 Å². The Morgan fingerprint density at radius 2 is 1.50 bits per heavy atom. The Morgan fingerprint density at radius 3 is 1.83 bits per heavy atom. The summed E-state index contributed by atoms with van der Waals surface area (Å²) < 4.78 is 0.356. The molecule has 0 fully saturated rings. The van der Waals surface area contributed by atoms with E-state index in [4.69, 9.17) is 0 Å². The van der Waals surface area contributed by atoms with Crippen molar-refractivity contribution in [3.8, 4) is 0 Å². The van der Waals surface area contributed by atoms with Gasteiger partial charge in [0, 0.05) is 4.75 Å². The molecule has 0 saturated heterocycles. The molecule has 0 N–H and O–H groups in total. The zero-order chi connectivity index (χ0) is 9.83. The molecule has 0 aliphatic heterocycles. The first-order chi connectivity index (χ1) is 5.21. The first kappa shape index (κ1) is 12.1. The minimum absolute atomic E-state index is 0.356. The van der Waals surface area contributed by atoms with Crippen LogP contribution in [0.5, 0.6) is 0 Å². The summed E-state index contributed by atoms with van der Waals surface area (Å²) in [4.78, 5) is 0. The molecule has 0 nitrogen and oxygen atoms in total. The van der Waals surface area contributed by atoms with Crippen LogP contribution in [0, 0.1) is 5.41 Å². The number of rotatable bonds is 2. The van der Waals surface area contributed by atoms with Crippen LogP contribution in [-0.2, 0) is 0 Å². The monoisotopic (exact) mass is 186 g/mol. The van der Waals surface area contributed by atoms with E-state index in [2.05, 4.69) is 53.0 Å². The summed E-state index contributed by atoms with van der Waals surface area (Å²) in [6, 6.07) is 0. The van der Waals surface area contributed by atoms with Gasteiger partial charge in [0.05, 0.1) is 0 Å². The maximum absolute atomic E-state index is 2.27. The normalized spacial score (nSPS) is 14.2. The Bertz CT molecular complexity index is 125. The third-order valence-corrected chi connectivity index (χ3v) is 2.28. The van der Waals surface area contributed by atoms with E-state index in [0.29, 0.717) is 10.2 Å². The lowest BCUT2D eigenvalue weighted by Gasteiger charge is -2.16. The molecule has 72 valence electrons. The molecule has 0 aromatic rings. The zero-order valence-corrected chi connectivity index (χ0v) is 10.1. The van der Waals surface area contributed by atoms with Gasteiger partial charge in [0.2, 0.25) is 0 Å². The van der Waals surface area contributed by atoms with Crippen LogP contribution in [-0.4, -0.2) is 4.75 Å². The average Bonchev–Trinajstić information content (AvgIpc) is 1.76. The van der Waals surface area contributed by atoms with Crippen molar-refractivity contribution in [2.45, 2.75) is 52.7 Å². The summed E-state index contributed by atoms with van der Waals surface area (Å²) in [5.41, 5.74) is 0.426. The molecule has 12 heavy (non-hydrogen) atoms. The van der Waals surface area contributed by atoms with Crippen molar-refractivity contribution in [3.63, 3.8) is 0 Å². The van der Waals surface area contributed by atoms with Crippen LogP contribution in [0.2, 0.25) is 0 Å². The summed E-state index contributed by atoms with van der Waals surface area (Å²) >= 11 is 1.89. The summed E-state index contributed by atoms with van der Waals surface area (Å²) in [5, 5.41) is 2.23. The standard InChI is InChI=1S/C11H22S/c1-10(2,3)8-7-9-12-11(4,5)6/h7,9H,8H2,1-6H3. The minimum Gasteiger partial charge on any atom is -0.128 e. The quantitative estimate of drug-likeness (QED) is 0.613. The predicted octanol–water partition coefficient (Wildman–Crippen LogP) is 4.47. The second-order valence-electron chi connectivity index (χ2n) is 5.37. The molecule has 0 unspecified atom stereocenters. The number of allylic oxidation sites excluding steroid dienone is 1. The van der Waals surface area contributed by atoms with E-state index < -0.39 is 0 Å². The van der Waals surface area contributed by atoms with Gasteiger partial charge in [-0.2, -0.15) is 0 Å². The summed E-state index contributed by atoms with van der Waals surface area (Å²) in [5.74, 6) is 0. The van der Waals surface area contributed by atoms with Crippen molar-refractivity contribution >= 4 is 11.8 Å². The Labute approximate surface area is 81.8 Å². The van der Waals surface area contributed by atoms with Crippen LogP contribution in [0.3, 0.4) is 0 Å². The first-order valence-corrected chi connectivity index (χ1v) is 5.41. The van der Waals surface area contributed by atoms with Crippen LogP contribution in [0.15, 0.2) is 11.5 Å². The highest BCUT2D eigenvalue weighted by atomic mass is 32.2. The van der Waals surface area contributed by atoms with Crippen molar-refractivity contribution in [1.29, 1.82) is 0 Å². The number of hydrogen-bond acceptors (Lipinski definition) is 1. The van der Waals surface area contributed by atoms with E-state index in [1.165, 1.54) is 0 Å². The molecule has 0 heterocycles. The van der Waals surface area contributed by atoms with Crippen molar-refractivity contribution in [1.82, 2.24) is 0 Å². The van der Waals surface area contributed by atoms with Gasteiger partial charge in [0.25, 0.3) is 0 Å². The average molecular weight is 186 g/mol. The lowest BCUT2D eigenvalue weighted by Crippen LogP contribution is -2.05. The number of thioether (sulfide) groups is 1. The second-order valence-corrected chi connectivity index (χ2v) is 7.10. The molecule has 0 aromatic carbocycles. The molecule has 0 radical (unpaired) electrons. The van der Waals surface area contributed by atoms with Gasteiger partial charge in [-0.1, -0.05) is 47.6 Å². The minimum atomic E-state index is 0.356. The second kappa shape index (κ2) is 4.36. The maximum atomic E-state index is 2.27. The highest BCUT2D eigenvalue weighted by Crippen LogP contribution is 2.26. The van der Waals surface area contributed by atoms with E-state index in [9.17, 15) is 0 Å². The van der Waals surface area contributed by atoms with Gasteiger partial charge in [0.1, 0.15) is 0 Å². The maximum Gasteiger partial charge on any atom is 0.0116 e. The third kappa shape index (κ3) is 10.1. The fourth-order valence-corrected chi connectivity index (χ4v) is 1.25. The van der Waals surface area contributed by atoms with Gasteiger partial charge < -0.3 is 0 Å². The molecule has 0 rings (SSSR count). The van der Waals surface area contributed by atoms with E-state index in [1.807, 2.05) is 11.8 Å². The van der Waals surface area contributed by atoms with E-state index in [-0.39, 0.29) is 0 Å². The number of hydrogen-bond donors (Lipinski definition) is 0. The first-order valence-electron chi connectivity index (χ1n) is 4.53. The van der Waals surface area contributed by atoms with Gasteiger partial charge >= 0.3 is 0 Å². The van der Waals surface area contributed by atoms with Crippen molar-refractivity contribution in [3.05, 3.63) is 11.5 Å². The van der Waals surface area contributed by atoms with Crippen LogP contribution in [0.1, 0.15) is 48.0 Å². The van der Waals surface area contributed by atoms with Crippen molar-refractivity contribution in [2.24, 2.45) is 5.41 Å². The van der Waals surface area contributed by atoms with Gasteiger partial charge in [-0.15, -0.1) is 11.8 Å². The Balaban J connectivity index is 3.66. The smallest absolute Gasteiger partial charge is 0.0116 e. The molecule has 0 aliphatic rings. The van der Waals surface area contributed by atoms with Crippen LogP contribution < -0.4 is 0 Å². The molecule has 0 aromatic heterocycles. The van der Waals surface area contributed by atoms with Crippen LogP contribution >= 0.6 is 11.8 Å². The molecule has 0 spiro atoms. The Morgan fingerprint density at radius 1 is 1.00 bits per heavy atom. The molecular formula is C11H22S. The third-order valence-electron chi connectivity index (χ3n) is 1.25. The van der Waals surface area contributed by atoms with Crippen molar-refractivity contribution < 1.29 is 0 Å². The fourth-order valence-electron chi connectivity index (χ4n) is 0.654. The molecule has 0 saturated carbocycles. The van der Waals surface area contributed by atoms with Gasteiger partial charge in [-0.3, -0.25) is 0 Å². The van der Waals surface area contributed by atoms with Crippen molar-refractivity contribution in [2.75, 3.05) is 0 Å². The van der Waals surface area contributed by atoms with Gasteiger partial charge in [0.15, 0.2) is 0 Å². The molecule has 1 heteroatoms. The van der Waals surface area contributed by atoms with Crippen LogP contribution in [0.4, 0.5) is 0 Å². The molecule has 0 atom stereocenters. The predicted molar refractivity (Wildman–Crippen MR) is 60.6 cm³/mol. The SMILES string of the molecule is CC(C)(C)CC=CSC(C)(C)C. The van der Waals surface area contributed by atoms with E-state index in [1.54, 1.807) is 0 Å². The lowest BCUT2D eigenvalue weighted by molar-refractivity contribution is 0.421. The van der Waals surface area contributed by atoms with E-state index in [0.717, 1.165) is 6.42 Å². The Kier molecular flexibility index (Phi) is 4.39. The summed E-state index contributed by atoms with van der Waals surface area (Å²) in [7, 11) is 0. The largest absolute Gasteiger partial charge is 0.128 e. The highest BCUT2D eigenvalue weighted by molar-refractivity contribution is 8.03. The Hall–Kier alpha value is 0.0900. The van der Waals surface area contributed by atoms with Gasteiger partial charge in [-0.25, -0.2) is 0 Å². The summed E-state index contributed by atoms with van der Waals surface area (Å²) in [6.07, 6.45) is 3.44. The topological polar surface area (TPSA) is 0 Å². The molecule has 0 bridgehead atoms. The van der Waals surface area contributed by atoms with Crippen LogP contribution in [0.25, 0.3) is 0 Å². The zero-order valence-electron chi connectivity index (χ0n) is 9.27.